The summed E-state index contributed by atoms with van der Waals surface area (Å²) in [5.41, 5.74) is 1.55. The lowest BCUT2D eigenvalue weighted by Crippen LogP contribution is -2.41. The van der Waals surface area contributed by atoms with Gasteiger partial charge in [-0.05, 0) is 24.0 Å². The number of urea groups is 1. The number of benzene rings is 1. The van der Waals surface area contributed by atoms with E-state index in [0.717, 1.165) is 31.2 Å². The van der Waals surface area contributed by atoms with Gasteiger partial charge < -0.3 is 15.4 Å². The number of carbonyl (C=O) groups is 1. The molecule has 1 fully saturated rings. The van der Waals surface area contributed by atoms with Crippen molar-refractivity contribution in [3.8, 4) is 0 Å². The fraction of sp³-hybridized carbons (Fsp3) is 0.611. The fourth-order valence-corrected chi connectivity index (χ4v) is 2.88. The van der Waals surface area contributed by atoms with Crippen LogP contribution in [0.4, 0.5) is 18.0 Å². The van der Waals surface area contributed by atoms with Gasteiger partial charge in [0.25, 0.3) is 0 Å². The summed E-state index contributed by atoms with van der Waals surface area (Å²) in [7, 11) is 0. The van der Waals surface area contributed by atoms with E-state index in [0.29, 0.717) is 12.1 Å². The van der Waals surface area contributed by atoms with E-state index in [1.807, 2.05) is 0 Å². The lowest BCUT2D eigenvalue weighted by Gasteiger charge is -2.16. The monoisotopic (exact) mass is 358 g/mol. The second-order valence-corrected chi connectivity index (χ2v) is 6.44. The number of alkyl halides is 3. The molecule has 1 aliphatic rings. The molecule has 4 nitrogen and oxygen atoms in total. The number of rotatable bonds is 6. The third kappa shape index (κ3) is 8.25. The lowest BCUT2D eigenvalue weighted by atomic mass is 10.1. The Morgan fingerprint density at radius 2 is 1.64 bits per heavy atom. The Kier molecular flexibility index (Phi) is 7.55. The Morgan fingerprint density at radius 3 is 2.24 bits per heavy atom. The number of nitrogens with one attached hydrogen (secondary N) is 2. The Balaban J connectivity index is 1.69. The summed E-state index contributed by atoms with van der Waals surface area (Å²) in [6, 6.07) is 7.03. The molecule has 25 heavy (non-hydrogen) atoms. The summed E-state index contributed by atoms with van der Waals surface area (Å²) in [5.74, 6) is 0. The van der Waals surface area contributed by atoms with Crippen molar-refractivity contribution in [2.75, 3.05) is 6.61 Å². The second-order valence-electron chi connectivity index (χ2n) is 6.44. The first-order valence-corrected chi connectivity index (χ1v) is 8.69. The quantitative estimate of drug-likeness (QED) is 0.746. The predicted octanol–water partition coefficient (Wildman–Crippen LogP) is 4.29. The topological polar surface area (TPSA) is 50.4 Å². The molecule has 1 aromatic rings. The summed E-state index contributed by atoms with van der Waals surface area (Å²) < 4.78 is 40.7. The number of hydrogen-bond donors (Lipinski definition) is 2. The summed E-state index contributed by atoms with van der Waals surface area (Å²) in [4.78, 5) is 12.0. The van der Waals surface area contributed by atoms with Gasteiger partial charge in [-0.25, -0.2) is 4.79 Å². The van der Waals surface area contributed by atoms with Gasteiger partial charge in [-0.3, -0.25) is 0 Å². The molecule has 0 aromatic heterocycles. The number of carbonyl (C=O) groups excluding carboxylic acids is 1. The maximum atomic E-state index is 12.0. The van der Waals surface area contributed by atoms with E-state index in [1.54, 1.807) is 24.3 Å². The van der Waals surface area contributed by atoms with Crippen LogP contribution in [0.5, 0.6) is 0 Å². The minimum atomic E-state index is -4.31. The highest BCUT2D eigenvalue weighted by Crippen LogP contribution is 2.17. The standard InChI is InChI=1S/C18H25F3N2O2/c19-18(20,21)13-25-12-15-9-7-14(8-10-15)11-22-17(24)23-16-5-3-1-2-4-6-16/h7-10,16H,1-6,11-13H2,(H2,22,23,24). The summed E-state index contributed by atoms with van der Waals surface area (Å²) in [6.07, 6.45) is 2.53. The number of ether oxygens (including phenoxy) is 1. The van der Waals surface area contributed by atoms with Gasteiger partial charge in [-0.1, -0.05) is 49.9 Å². The Bertz CT molecular complexity index is 524. The summed E-state index contributed by atoms with van der Waals surface area (Å²) in [6.45, 7) is -0.963. The highest BCUT2D eigenvalue weighted by atomic mass is 19.4. The van der Waals surface area contributed by atoms with Gasteiger partial charge in [0.05, 0.1) is 6.61 Å². The van der Waals surface area contributed by atoms with Crippen molar-refractivity contribution in [1.82, 2.24) is 10.6 Å². The largest absolute Gasteiger partial charge is 0.411 e. The van der Waals surface area contributed by atoms with Crippen LogP contribution >= 0.6 is 0 Å². The third-order valence-corrected chi connectivity index (χ3v) is 4.20. The van der Waals surface area contributed by atoms with E-state index in [2.05, 4.69) is 15.4 Å². The van der Waals surface area contributed by atoms with Gasteiger partial charge in [0.1, 0.15) is 6.61 Å². The van der Waals surface area contributed by atoms with Gasteiger partial charge in [0.15, 0.2) is 0 Å². The SMILES string of the molecule is O=C(NCc1ccc(COCC(F)(F)F)cc1)NC1CCCCCC1. The molecular weight excluding hydrogens is 333 g/mol. The molecule has 0 atom stereocenters. The van der Waals surface area contributed by atoms with Crippen molar-refractivity contribution in [2.45, 2.75) is 63.9 Å². The molecule has 2 rings (SSSR count). The average Bonchev–Trinajstić information content (AvgIpc) is 2.81. The van der Waals surface area contributed by atoms with Gasteiger partial charge in [-0.2, -0.15) is 13.2 Å². The Labute approximate surface area is 146 Å². The normalized spacial score (nSPS) is 16.3. The van der Waals surface area contributed by atoms with Crippen molar-refractivity contribution in [3.63, 3.8) is 0 Å². The van der Waals surface area contributed by atoms with Crippen LogP contribution in [0.25, 0.3) is 0 Å². The Morgan fingerprint density at radius 1 is 1.04 bits per heavy atom. The minimum Gasteiger partial charge on any atom is -0.367 e. The first-order chi connectivity index (χ1) is 11.9. The first kappa shape index (κ1) is 19.6. The molecule has 140 valence electrons. The van der Waals surface area contributed by atoms with Crippen LogP contribution in [0.3, 0.4) is 0 Å². The Hall–Kier alpha value is -1.76. The zero-order valence-electron chi connectivity index (χ0n) is 14.2. The highest BCUT2D eigenvalue weighted by molar-refractivity contribution is 5.74. The molecule has 7 heteroatoms. The van der Waals surface area contributed by atoms with Crippen molar-refractivity contribution < 1.29 is 22.7 Å². The van der Waals surface area contributed by atoms with E-state index in [4.69, 9.17) is 0 Å². The van der Waals surface area contributed by atoms with Crippen LogP contribution in [0.2, 0.25) is 0 Å². The van der Waals surface area contributed by atoms with Gasteiger partial charge in [0.2, 0.25) is 0 Å². The summed E-state index contributed by atoms with van der Waals surface area (Å²) >= 11 is 0. The van der Waals surface area contributed by atoms with E-state index < -0.39 is 12.8 Å². The molecule has 0 unspecified atom stereocenters. The van der Waals surface area contributed by atoms with E-state index in [-0.39, 0.29) is 18.7 Å². The van der Waals surface area contributed by atoms with Crippen LogP contribution in [0.1, 0.15) is 49.7 Å². The molecule has 0 heterocycles. The second kappa shape index (κ2) is 9.65. The zero-order chi connectivity index (χ0) is 18.1. The van der Waals surface area contributed by atoms with E-state index >= 15 is 0 Å². The van der Waals surface area contributed by atoms with E-state index in [9.17, 15) is 18.0 Å². The predicted molar refractivity (Wildman–Crippen MR) is 89.0 cm³/mol. The number of halogens is 3. The van der Waals surface area contributed by atoms with Crippen LogP contribution in [0.15, 0.2) is 24.3 Å². The summed E-state index contributed by atoms with van der Waals surface area (Å²) in [5, 5.41) is 5.83. The minimum absolute atomic E-state index is 0.0879. The number of hydrogen-bond acceptors (Lipinski definition) is 2. The molecule has 0 bridgehead atoms. The molecule has 0 aliphatic heterocycles. The molecule has 2 N–H and O–H groups in total. The molecule has 0 saturated heterocycles. The zero-order valence-corrected chi connectivity index (χ0v) is 14.2. The lowest BCUT2D eigenvalue weighted by molar-refractivity contribution is -0.176. The van der Waals surface area contributed by atoms with Crippen LogP contribution in [-0.4, -0.2) is 24.9 Å². The molecule has 1 aliphatic carbocycles. The van der Waals surface area contributed by atoms with Gasteiger partial charge in [0, 0.05) is 12.6 Å². The van der Waals surface area contributed by atoms with Crippen molar-refractivity contribution in [2.24, 2.45) is 0 Å². The number of amides is 2. The van der Waals surface area contributed by atoms with Crippen LogP contribution in [0, 0.1) is 0 Å². The first-order valence-electron chi connectivity index (χ1n) is 8.69. The fourth-order valence-electron chi connectivity index (χ4n) is 2.88. The third-order valence-electron chi connectivity index (χ3n) is 4.20. The maximum absolute atomic E-state index is 12.0. The molecular formula is C18H25F3N2O2. The van der Waals surface area contributed by atoms with Crippen molar-refractivity contribution in [1.29, 1.82) is 0 Å². The molecule has 1 aromatic carbocycles. The highest BCUT2D eigenvalue weighted by Gasteiger charge is 2.27. The van der Waals surface area contributed by atoms with Gasteiger partial charge >= 0.3 is 12.2 Å². The van der Waals surface area contributed by atoms with Crippen molar-refractivity contribution >= 4 is 6.03 Å². The molecule has 0 spiro atoms. The smallest absolute Gasteiger partial charge is 0.367 e. The molecule has 1 saturated carbocycles. The molecule has 0 radical (unpaired) electrons. The molecule has 2 amide bonds. The van der Waals surface area contributed by atoms with Crippen molar-refractivity contribution in [3.05, 3.63) is 35.4 Å². The van der Waals surface area contributed by atoms with E-state index in [1.165, 1.54) is 12.8 Å². The average molecular weight is 358 g/mol. The van der Waals surface area contributed by atoms with Gasteiger partial charge in [-0.15, -0.1) is 0 Å². The van der Waals surface area contributed by atoms with Crippen LogP contribution < -0.4 is 10.6 Å². The maximum Gasteiger partial charge on any atom is 0.411 e. The van der Waals surface area contributed by atoms with Crippen LogP contribution in [-0.2, 0) is 17.9 Å².